The van der Waals surface area contributed by atoms with E-state index in [-0.39, 0.29) is 14.8 Å². The molecule has 1 heterocycles. The first-order chi connectivity index (χ1) is 11.5. The molecule has 24 heavy (non-hydrogen) atoms. The van der Waals surface area contributed by atoms with Crippen LogP contribution in [-0.4, -0.2) is 19.6 Å². The lowest BCUT2D eigenvalue weighted by Gasteiger charge is -2.15. The van der Waals surface area contributed by atoms with Gasteiger partial charge in [-0.05, 0) is 30.7 Å². The van der Waals surface area contributed by atoms with Crippen LogP contribution in [0, 0.1) is 0 Å². The van der Waals surface area contributed by atoms with Crippen molar-refractivity contribution in [2.24, 2.45) is 0 Å². The lowest BCUT2D eigenvalue weighted by atomic mass is 9.94. The molecule has 1 aliphatic carbocycles. The van der Waals surface area contributed by atoms with Crippen molar-refractivity contribution in [2.45, 2.75) is 35.2 Å². The third kappa shape index (κ3) is 2.44. The van der Waals surface area contributed by atoms with Crippen molar-refractivity contribution in [3.63, 3.8) is 0 Å². The summed E-state index contributed by atoms with van der Waals surface area (Å²) in [6.07, 6.45) is 1.28. The van der Waals surface area contributed by atoms with Gasteiger partial charge in [-0.2, -0.15) is 0 Å². The monoisotopic (exact) mass is 362 g/mol. The second-order valence-corrected chi connectivity index (χ2v) is 8.36. The highest BCUT2D eigenvalue weighted by Gasteiger charge is 2.26. The average Bonchev–Trinajstić information content (AvgIpc) is 2.94. The van der Waals surface area contributed by atoms with E-state index in [1.807, 2.05) is 0 Å². The molecule has 2 aromatic carbocycles. The van der Waals surface area contributed by atoms with E-state index in [1.54, 1.807) is 36.4 Å². The number of furan rings is 1. The molecule has 0 bridgehead atoms. The molecular formula is C18H15ClO4S. The van der Waals surface area contributed by atoms with Gasteiger partial charge in [0.15, 0.2) is 5.58 Å². The molecular weight excluding hydrogens is 348 g/mol. The number of fused-ring (bicyclic) bond motifs is 3. The number of aliphatic hydroxyl groups is 1. The van der Waals surface area contributed by atoms with Gasteiger partial charge < -0.3 is 9.52 Å². The minimum Gasteiger partial charge on any atom is -0.459 e. The summed E-state index contributed by atoms with van der Waals surface area (Å²) in [5.41, 5.74) is 1.35. The number of hydrogen-bond acceptors (Lipinski definition) is 4. The van der Waals surface area contributed by atoms with Crippen LogP contribution in [0.2, 0.25) is 5.02 Å². The molecule has 6 heteroatoms. The number of halogens is 1. The minimum absolute atomic E-state index is 0.134. The summed E-state index contributed by atoms with van der Waals surface area (Å²) in [5, 5.41) is 10.9. The third-order valence-electron chi connectivity index (χ3n) is 4.41. The predicted octanol–water partition coefficient (Wildman–Crippen LogP) is 3.77. The van der Waals surface area contributed by atoms with Crippen LogP contribution in [0.5, 0.6) is 0 Å². The highest BCUT2D eigenvalue weighted by Crippen LogP contribution is 2.38. The molecule has 124 valence electrons. The second kappa shape index (κ2) is 5.62. The van der Waals surface area contributed by atoms with Crippen LogP contribution in [0.25, 0.3) is 11.0 Å². The van der Waals surface area contributed by atoms with Crippen molar-refractivity contribution in [3.8, 4) is 0 Å². The molecule has 1 atom stereocenters. The molecule has 0 saturated carbocycles. The summed E-state index contributed by atoms with van der Waals surface area (Å²) in [7, 11) is -3.66. The Bertz CT molecular complexity index is 1020. The fourth-order valence-electron chi connectivity index (χ4n) is 3.18. The van der Waals surface area contributed by atoms with E-state index in [0.29, 0.717) is 30.2 Å². The highest BCUT2D eigenvalue weighted by atomic mass is 35.5. The Kier molecular flexibility index (Phi) is 3.67. The van der Waals surface area contributed by atoms with E-state index in [0.717, 1.165) is 11.3 Å². The fourth-order valence-corrected chi connectivity index (χ4v) is 4.84. The fraction of sp³-hybridized carbons (Fsp3) is 0.222. The van der Waals surface area contributed by atoms with Gasteiger partial charge in [-0.15, -0.1) is 0 Å². The summed E-state index contributed by atoms with van der Waals surface area (Å²) in [5.74, 6) is 0.784. The molecule has 4 nitrogen and oxygen atoms in total. The summed E-state index contributed by atoms with van der Waals surface area (Å²) >= 11 is 6.29. The van der Waals surface area contributed by atoms with Gasteiger partial charge in [-0.25, -0.2) is 8.42 Å². The lowest BCUT2D eigenvalue weighted by molar-refractivity contribution is 0.155. The van der Waals surface area contributed by atoms with Gasteiger partial charge in [0.05, 0.1) is 20.9 Å². The summed E-state index contributed by atoms with van der Waals surface area (Å²) < 4.78 is 31.5. The first-order valence-corrected chi connectivity index (χ1v) is 9.55. The second-order valence-electron chi connectivity index (χ2n) is 6.00. The Morgan fingerprint density at radius 2 is 1.88 bits per heavy atom. The predicted molar refractivity (Wildman–Crippen MR) is 91.1 cm³/mol. The van der Waals surface area contributed by atoms with Crippen LogP contribution in [-0.2, 0) is 22.7 Å². The topological polar surface area (TPSA) is 67.5 Å². The van der Waals surface area contributed by atoms with Crippen molar-refractivity contribution in [3.05, 3.63) is 58.8 Å². The van der Waals surface area contributed by atoms with Crippen LogP contribution in [0.3, 0.4) is 0 Å². The Morgan fingerprint density at radius 3 is 2.62 bits per heavy atom. The van der Waals surface area contributed by atoms with Gasteiger partial charge in [0, 0.05) is 23.8 Å². The summed E-state index contributed by atoms with van der Waals surface area (Å²) in [6, 6.07) is 11.3. The number of rotatable bonds is 2. The number of aliphatic hydroxyl groups excluding tert-OH is 1. The van der Waals surface area contributed by atoms with Gasteiger partial charge in [-0.1, -0.05) is 29.8 Å². The molecule has 0 amide bonds. The lowest BCUT2D eigenvalue weighted by Crippen LogP contribution is -2.17. The molecule has 1 N–H and O–H groups in total. The molecule has 1 unspecified atom stereocenters. The normalized spacial score (nSPS) is 17.8. The zero-order valence-corrected chi connectivity index (χ0v) is 14.3. The van der Waals surface area contributed by atoms with Crippen molar-refractivity contribution >= 4 is 32.4 Å². The molecule has 1 aliphatic rings. The van der Waals surface area contributed by atoms with Crippen molar-refractivity contribution in [1.29, 1.82) is 0 Å². The SMILES string of the molecule is O=S(=O)(c1ccccc1)c1cc(Cl)c2oc3c(c2c1)CC(O)CC3. The maximum absolute atomic E-state index is 12.8. The van der Waals surface area contributed by atoms with Gasteiger partial charge in [0.25, 0.3) is 0 Å². The maximum atomic E-state index is 12.8. The Balaban J connectivity index is 1.94. The Morgan fingerprint density at radius 1 is 1.12 bits per heavy atom. The van der Waals surface area contributed by atoms with E-state index < -0.39 is 15.9 Å². The Labute approximate surface area is 144 Å². The third-order valence-corrected chi connectivity index (χ3v) is 6.44. The molecule has 0 fully saturated rings. The van der Waals surface area contributed by atoms with E-state index >= 15 is 0 Å². The van der Waals surface area contributed by atoms with Crippen LogP contribution in [0.15, 0.2) is 56.7 Å². The van der Waals surface area contributed by atoms with Crippen molar-refractivity contribution in [1.82, 2.24) is 0 Å². The smallest absolute Gasteiger partial charge is 0.206 e. The van der Waals surface area contributed by atoms with Gasteiger partial charge in [0.1, 0.15) is 5.76 Å². The largest absolute Gasteiger partial charge is 0.459 e. The van der Waals surface area contributed by atoms with E-state index in [9.17, 15) is 13.5 Å². The maximum Gasteiger partial charge on any atom is 0.206 e. The molecule has 3 aromatic rings. The quantitative estimate of drug-likeness (QED) is 0.753. The van der Waals surface area contributed by atoms with E-state index in [1.165, 1.54) is 6.07 Å². The molecule has 0 aliphatic heterocycles. The van der Waals surface area contributed by atoms with Crippen LogP contribution in [0.1, 0.15) is 17.7 Å². The van der Waals surface area contributed by atoms with Crippen molar-refractivity contribution < 1.29 is 17.9 Å². The highest BCUT2D eigenvalue weighted by molar-refractivity contribution is 7.91. The van der Waals surface area contributed by atoms with Crippen molar-refractivity contribution in [2.75, 3.05) is 0 Å². The standard InChI is InChI=1S/C18H15ClO4S/c19-16-10-13(24(21,22)12-4-2-1-3-5-12)9-15-14-8-11(20)6-7-17(14)23-18(15)16/h1-5,9-11,20H,6-8H2. The number of sulfone groups is 1. The number of aryl methyl sites for hydroxylation is 1. The number of hydrogen-bond donors (Lipinski definition) is 1. The van der Waals surface area contributed by atoms with Gasteiger partial charge in [-0.3, -0.25) is 0 Å². The van der Waals surface area contributed by atoms with Crippen LogP contribution >= 0.6 is 11.6 Å². The van der Waals surface area contributed by atoms with Gasteiger partial charge in [0.2, 0.25) is 9.84 Å². The average molecular weight is 363 g/mol. The molecule has 1 aromatic heterocycles. The first kappa shape index (κ1) is 15.7. The molecule has 4 rings (SSSR count). The van der Waals surface area contributed by atoms with E-state index in [2.05, 4.69) is 0 Å². The number of benzene rings is 2. The Hall–Kier alpha value is -1.82. The van der Waals surface area contributed by atoms with Crippen LogP contribution in [0.4, 0.5) is 0 Å². The molecule has 0 radical (unpaired) electrons. The van der Waals surface area contributed by atoms with Gasteiger partial charge >= 0.3 is 0 Å². The minimum atomic E-state index is -3.66. The first-order valence-electron chi connectivity index (χ1n) is 7.69. The summed E-state index contributed by atoms with van der Waals surface area (Å²) in [6.45, 7) is 0. The zero-order valence-electron chi connectivity index (χ0n) is 12.7. The summed E-state index contributed by atoms with van der Waals surface area (Å²) in [4.78, 5) is 0.354. The zero-order chi connectivity index (χ0) is 16.9. The molecule has 0 saturated heterocycles. The molecule has 0 spiro atoms. The van der Waals surface area contributed by atoms with E-state index in [4.69, 9.17) is 16.0 Å². The van der Waals surface area contributed by atoms with Crippen LogP contribution < -0.4 is 0 Å².